The second-order valence-corrected chi connectivity index (χ2v) is 5.52. The minimum Gasteiger partial charge on any atom is -0.451 e. The number of piperidine rings is 1. The van der Waals surface area contributed by atoms with Crippen LogP contribution in [-0.2, 0) is 14.3 Å². The van der Waals surface area contributed by atoms with Crippen molar-refractivity contribution in [2.45, 2.75) is 31.0 Å². The molecule has 114 valence electrons. The summed E-state index contributed by atoms with van der Waals surface area (Å²) in [6.07, 6.45) is -3.92. The van der Waals surface area contributed by atoms with Gasteiger partial charge in [0.2, 0.25) is 5.91 Å². The lowest BCUT2D eigenvalue weighted by Crippen LogP contribution is -2.58. The second-order valence-electron chi connectivity index (χ2n) is 5.52. The zero-order chi connectivity index (χ0) is 15.0. The van der Waals surface area contributed by atoms with E-state index in [0.717, 1.165) is 0 Å². The molecule has 5 nitrogen and oxygen atoms in total. The van der Waals surface area contributed by atoms with Gasteiger partial charge in [-0.1, -0.05) is 0 Å². The highest BCUT2D eigenvalue weighted by Crippen LogP contribution is 2.41. The maximum atomic E-state index is 12.4. The van der Waals surface area contributed by atoms with Gasteiger partial charge in [0.1, 0.15) is 5.60 Å². The van der Waals surface area contributed by atoms with Gasteiger partial charge in [0.25, 0.3) is 0 Å². The van der Waals surface area contributed by atoms with Crippen LogP contribution in [-0.4, -0.2) is 43.8 Å². The van der Waals surface area contributed by atoms with Crippen molar-refractivity contribution in [3.63, 3.8) is 0 Å². The molecule has 2 fully saturated rings. The van der Waals surface area contributed by atoms with Gasteiger partial charge in [-0.2, -0.15) is 13.2 Å². The number of amides is 1. The number of nitrogens with one attached hydrogen (secondary N) is 2. The van der Waals surface area contributed by atoms with E-state index >= 15 is 0 Å². The SMILES string of the molecule is CNC(=O)C1CC2CNCC(OC(=O)C(F)(F)F)(C2)C1. The molecule has 3 unspecified atom stereocenters. The Morgan fingerprint density at radius 2 is 2.05 bits per heavy atom. The molecule has 0 aromatic heterocycles. The van der Waals surface area contributed by atoms with E-state index in [9.17, 15) is 22.8 Å². The Bertz CT molecular complexity index is 413. The first-order chi connectivity index (χ1) is 9.26. The summed E-state index contributed by atoms with van der Waals surface area (Å²) in [5, 5.41) is 5.49. The molecule has 0 aromatic rings. The van der Waals surface area contributed by atoms with E-state index in [4.69, 9.17) is 4.74 Å². The van der Waals surface area contributed by atoms with Crippen LogP contribution in [0, 0.1) is 11.8 Å². The number of carbonyl (C=O) groups excluding carboxylic acids is 2. The fourth-order valence-electron chi connectivity index (χ4n) is 3.21. The van der Waals surface area contributed by atoms with Crippen molar-refractivity contribution in [1.29, 1.82) is 0 Å². The average molecular weight is 294 g/mol. The summed E-state index contributed by atoms with van der Waals surface area (Å²) in [7, 11) is 1.49. The molecular weight excluding hydrogens is 277 g/mol. The lowest BCUT2D eigenvalue weighted by Gasteiger charge is -2.47. The van der Waals surface area contributed by atoms with Gasteiger partial charge in [0, 0.05) is 25.9 Å². The molecule has 3 atom stereocenters. The van der Waals surface area contributed by atoms with Crippen LogP contribution >= 0.6 is 0 Å². The molecule has 1 heterocycles. The van der Waals surface area contributed by atoms with E-state index in [1.165, 1.54) is 7.05 Å². The van der Waals surface area contributed by atoms with Crippen molar-refractivity contribution in [2.24, 2.45) is 11.8 Å². The fourth-order valence-corrected chi connectivity index (χ4v) is 3.21. The summed E-state index contributed by atoms with van der Waals surface area (Å²) in [5.74, 6) is -2.77. The molecule has 1 amide bonds. The third-order valence-corrected chi connectivity index (χ3v) is 3.93. The number of hydrogen-bond donors (Lipinski definition) is 2. The summed E-state index contributed by atoms with van der Waals surface area (Å²) in [6, 6.07) is 0. The van der Waals surface area contributed by atoms with Crippen molar-refractivity contribution < 1.29 is 27.5 Å². The molecule has 2 rings (SSSR count). The van der Waals surface area contributed by atoms with E-state index in [1.807, 2.05) is 0 Å². The van der Waals surface area contributed by atoms with Gasteiger partial charge < -0.3 is 15.4 Å². The van der Waals surface area contributed by atoms with Gasteiger partial charge in [-0.15, -0.1) is 0 Å². The minimum absolute atomic E-state index is 0.0424. The molecule has 2 aliphatic rings. The molecule has 20 heavy (non-hydrogen) atoms. The van der Waals surface area contributed by atoms with Gasteiger partial charge >= 0.3 is 12.1 Å². The Labute approximate surface area is 114 Å². The van der Waals surface area contributed by atoms with Gasteiger partial charge in [-0.3, -0.25) is 4.79 Å². The molecule has 1 saturated carbocycles. The van der Waals surface area contributed by atoms with Crippen LogP contribution in [0.3, 0.4) is 0 Å². The molecular formula is C12H17F3N2O3. The van der Waals surface area contributed by atoms with Gasteiger partial charge in [-0.05, 0) is 25.3 Å². The van der Waals surface area contributed by atoms with E-state index in [0.29, 0.717) is 19.4 Å². The lowest BCUT2D eigenvalue weighted by atomic mass is 9.69. The highest BCUT2D eigenvalue weighted by Gasteiger charge is 2.52. The molecule has 2 N–H and O–H groups in total. The molecule has 8 heteroatoms. The number of esters is 1. The Morgan fingerprint density at radius 1 is 1.35 bits per heavy atom. The van der Waals surface area contributed by atoms with Crippen LogP contribution < -0.4 is 10.6 Å². The fraction of sp³-hybridized carbons (Fsp3) is 0.833. The quantitative estimate of drug-likeness (QED) is 0.732. The molecule has 1 aliphatic heterocycles. The molecule has 0 radical (unpaired) electrons. The topological polar surface area (TPSA) is 67.4 Å². The summed E-state index contributed by atoms with van der Waals surface area (Å²) in [5.41, 5.74) is -1.23. The van der Waals surface area contributed by atoms with Crippen LogP contribution in [0.2, 0.25) is 0 Å². The predicted molar refractivity (Wildman–Crippen MR) is 62.6 cm³/mol. The minimum atomic E-state index is -5.01. The van der Waals surface area contributed by atoms with Crippen LogP contribution in [0.25, 0.3) is 0 Å². The zero-order valence-electron chi connectivity index (χ0n) is 11.0. The van der Waals surface area contributed by atoms with Crippen LogP contribution in [0.4, 0.5) is 13.2 Å². The number of ether oxygens (including phenoxy) is 1. The zero-order valence-corrected chi connectivity index (χ0v) is 11.0. The standard InChI is InChI=1S/C12H17F3N2O3/c1-16-9(18)8-2-7-3-11(4-8,6-17-5-7)20-10(19)12(13,14)15/h7-8,17H,2-6H2,1H3,(H,16,18). The first-order valence-corrected chi connectivity index (χ1v) is 6.48. The maximum Gasteiger partial charge on any atom is 0.490 e. The summed E-state index contributed by atoms with van der Waals surface area (Å²) in [4.78, 5) is 22.8. The van der Waals surface area contributed by atoms with Crippen molar-refractivity contribution in [3.8, 4) is 0 Å². The predicted octanol–water partition coefficient (Wildman–Crippen LogP) is 0.596. The van der Waals surface area contributed by atoms with E-state index < -0.39 is 23.7 Å². The molecule has 0 aromatic carbocycles. The third kappa shape index (κ3) is 3.05. The largest absolute Gasteiger partial charge is 0.490 e. The summed E-state index contributed by atoms with van der Waals surface area (Å²) >= 11 is 0. The average Bonchev–Trinajstić information content (AvgIpc) is 2.35. The van der Waals surface area contributed by atoms with Crippen LogP contribution in [0.15, 0.2) is 0 Å². The van der Waals surface area contributed by atoms with E-state index in [-0.39, 0.29) is 24.8 Å². The summed E-state index contributed by atoms with van der Waals surface area (Å²) in [6.45, 7) is 0.775. The normalized spacial score (nSPS) is 33.4. The number of alkyl halides is 3. The smallest absolute Gasteiger partial charge is 0.451 e. The van der Waals surface area contributed by atoms with Crippen molar-refractivity contribution in [3.05, 3.63) is 0 Å². The van der Waals surface area contributed by atoms with Gasteiger partial charge in [-0.25, -0.2) is 4.79 Å². The van der Waals surface area contributed by atoms with Crippen LogP contribution in [0.1, 0.15) is 19.3 Å². The highest BCUT2D eigenvalue weighted by molar-refractivity contribution is 5.79. The third-order valence-electron chi connectivity index (χ3n) is 3.93. The van der Waals surface area contributed by atoms with Gasteiger partial charge in [0.05, 0.1) is 0 Å². The molecule has 0 spiro atoms. The Balaban J connectivity index is 2.14. The first-order valence-electron chi connectivity index (χ1n) is 6.48. The number of carbonyl (C=O) groups is 2. The Hall–Kier alpha value is -1.31. The van der Waals surface area contributed by atoms with Crippen molar-refractivity contribution in [1.82, 2.24) is 10.6 Å². The number of halogens is 3. The first kappa shape index (κ1) is 15.1. The monoisotopic (exact) mass is 294 g/mol. The van der Waals surface area contributed by atoms with E-state index in [2.05, 4.69) is 10.6 Å². The van der Waals surface area contributed by atoms with E-state index in [1.54, 1.807) is 0 Å². The number of hydrogen-bond acceptors (Lipinski definition) is 4. The Kier molecular flexibility index (Phi) is 3.95. The summed E-state index contributed by atoms with van der Waals surface area (Å²) < 4.78 is 41.9. The van der Waals surface area contributed by atoms with Gasteiger partial charge in [0.15, 0.2) is 0 Å². The van der Waals surface area contributed by atoms with Crippen molar-refractivity contribution in [2.75, 3.05) is 20.1 Å². The van der Waals surface area contributed by atoms with Crippen LogP contribution in [0.5, 0.6) is 0 Å². The molecule has 1 aliphatic carbocycles. The number of fused-ring (bicyclic) bond motifs is 2. The van der Waals surface area contributed by atoms with Crippen molar-refractivity contribution >= 4 is 11.9 Å². The molecule has 1 saturated heterocycles. The number of rotatable bonds is 2. The molecule has 2 bridgehead atoms. The maximum absolute atomic E-state index is 12.4. The lowest BCUT2D eigenvalue weighted by molar-refractivity contribution is -0.221. The Morgan fingerprint density at radius 3 is 2.65 bits per heavy atom. The second kappa shape index (κ2) is 5.23. The highest BCUT2D eigenvalue weighted by atomic mass is 19.4.